The molecule has 0 saturated carbocycles. The molecule has 0 heterocycles. The summed E-state index contributed by atoms with van der Waals surface area (Å²) in [6, 6.07) is 0. The van der Waals surface area contributed by atoms with Crippen LogP contribution in [-0.4, -0.2) is 18.0 Å². The van der Waals surface area contributed by atoms with Gasteiger partial charge in [-0.3, -0.25) is 0 Å². The zero-order valence-corrected chi connectivity index (χ0v) is 8.49. The van der Waals surface area contributed by atoms with Crippen molar-refractivity contribution in [3.63, 3.8) is 0 Å². The van der Waals surface area contributed by atoms with Gasteiger partial charge in [-0.15, -0.1) is 0 Å². The predicted molar refractivity (Wildman–Crippen MR) is 48.7 cm³/mol. The molecule has 0 radical (unpaired) electrons. The van der Waals surface area contributed by atoms with Crippen LogP contribution in [0.5, 0.6) is 0 Å². The lowest BCUT2D eigenvalue weighted by Gasteiger charge is -2.05. The number of alkyl halides is 1. The van der Waals surface area contributed by atoms with Gasteiger partial charge in [-0.05, 0) is 26.2 Å². The maximum atomic E-state index is 5.21. The first-order valence-corrected chi connectivity index (χ1v) is 4.94. The smallest absolute Gasteiger partial charge is 0.0466 e. The Morgan fingerprint density at radius 1 is 1.40 bits per heavy atom. The molecule has 2 heteroatoms. The van der Waals surface area contributed by atoms with Crippen LogP contribution in [0.1, 0.15) is 33.1 Å². The molecular formula is C8H17BrO. The van der Waals surface area contributed by atoms with Gasteiger partial charge < -0.3 is 4.74 Å². The van der Waals surface area contributed by atoms with Crippen molar-refractivity contribution < 1.29 is 4.74 Å². The van der Waals surface area contributed by atoms with E-state index >= 15 is 0 Å². The molecule has 10 heavy (non-hydrogen) atoms. The summed E-state index contributed by atoms with van der Waals surface area (Å²) in [5.41, 5.74) is 0. The van der Waals surface area contributed by atoms with Crippen molar-refractivity contribution in [3.05, 3.63) is 0 Å². The lowest BCUT2D eigenvalue weighted by atomic mass is 10.2. The maximum absolute atomic E-state index is 5.21. The molecule has 62 valence electrons. The van der Waals surface area contributed by atoms with Crippen molar-refractivity contribution in [1.29, 1.82) is 0 Å². The minimum absolute atomic E-state index is 0.688. The average Bonchev–Trinajstić information content (AvgIpc) is 1.98. The maximum Gasteiger partial charge on any atom is 0.0466 e. The van der Waals surface area contributed by atoms with Crippen LogP contribution in [0, 0.1) is 0 Å². The van der Waals surface area contributed by atoms with Crippen LogP contribution >= 0.6 is 15.9 Å². The molecule has 1 nitrogen and oxygen atoms in total. The molecule has 0 spiro atoms. The van der Waals surface area contributed by atoms with E-state index in [4.69, 9.17) is 4.74 Å². The highest BCUT2D eigenvalue weighted by molar-refractivity contribution is 9.09. The largest absolute Gasteiger partial charge is 0.382 e. The van der Waals surface area contributed by atoms with Crippen LogP contribution < -0.4 is 0 Å². The quantitative estimate of drug-likeness (QED) is 0.482. The highest BCUT2D eigenvalue weighted by atomic mass is 79.9. The van der Waals surface area contributed by atoms with Crippen molar-refractivity contribution in [3.8, 4) is 0 Å². The second-order valence-electron chi connectivity index (χ2n) is 2.34. The minimum Gasteiger partial charge on any atom is -0.382 e. The first kappa shape index (κ1) is 10.4. The molecule has 0 rings (SSSR count). The van der Waals surface area contributed by atoms with Crippen molar-refractivity contribution in [1.82, 2.24) is 0 Å². The Balaban J connectivity index is 2.89. The molecule has 0 aliphatic carbocycles. The number of hydrogen-bond acceptors (Lipinski definition) is 1. The second-order valence-corrected chi connectivity index (χ2v) is 3.64. The Bertz CT molecular complexity index is 66.3. The first-order chi connectivity index (χ1) is 4.81. The van der Waals surface area contributed by atoms with Crippen molar-refractivity contribution >= 4 is 15.9 Å². The van der Waals surface area contributed by atoms with Crippen LogP contribution in [0.2, 0.25) is 0 Å². The van der Waals surface area contributed by atoms with E-state index in [9.17, 15) is 0 Å². The van der Waals surface area contributed by atoms with Gasteiger partial charge in [0.25, 0.3) is 0 Å². The van der Waals surface area contributed by atoms with Crippen molar-refractivity contribution in [2.75, 3.05) is 13.2 Å². The molecular weight excluding hydrogens is 192 g/mol. The Labute approximate surface area is 72.3 Å². The van der Waals surface area contributed by atoms with Crippen molar-refractivity contribution in [2.24, 2.45) is 0 Å². The fraction of sp³-hybridized carbons (Fsp3) is 1.00. The molecule has 1 atom stereocenters. The summed E-state index contributed by atoms with van der Waals surface area (Å²) in [6.07, 6.45) is 3.63. The zero-order valence-electron chi connectivity index (χ0n) is 6.90. The van der Waals surface area contributed by atoms with Gasteiger partial charge in [0.15, 0.2) is 0 Å². The van der Waals surface area contributed by atoms with Gasteiger partial charge in [0.2, 0.25) is 0 Å². The number of ether oxygens (including phenoxy) is 1. The predicted octanol–water partition coefficient (Wildman–Crippen LogP) is 2.98. The molecule has 0 fully saturated rings. The van der Waals surface area contributed by atoms with E-state index in [1.807, 2.05) is 6.92 Å². The molecule has 0 N–H and O–H groups in total. The summed E-state index contributed by atoms with van der Waals surface area (Å²) in [7, 11) is 0. The van der Waals surface area contributed by atoms with Crippen LogP contribution in [0.15, 0.2) is 0 Å². The van der Waals surface area contributed by atoms with E-state index < -0.39 is 0 Å². The van der Waals surface area contributed by atoms with E-state index in [0.29, 0.717) is 4.83 Å². The summed E-state index contributed by atoms with van der Waals surface area (Å²) < 4.78 is 5.21. The standard InChI is InChI=1S/C8H17BrO/c1-3-8(9)6-5-7-10-4-2/h8H,3-7H2,1-2H3. The first-order valence-electron chi connectivity index (χ1n) is 4.03. The highest BCUT2D eigenvalue weighted by Gasteiger charge is 1.98. The molecule has 0 aromatic heterocycles. The normalized spacial score (nSPS) is 13.5. The van der Waals surface area contributed by atoms with Gasteiger partial charge in [0, 0.05) is 18.0 Å². The fourth-order valence-corrected chi connectivity index (χ4v) is 1.08. The Kier molecular flexibility index (Phi) is 7.88. The summed E-state index contributed by atoms with van der Waals surface area (Å²) in [4.78, 5) is 0.688. The molecule has 0 aliphatic rings. The summed E-state index contributed by atoms with van der Waals surface area (Å²) in [5.74, 6) is 0. The number of rotatable bonds is 6. The Morgan fingerprint density at radius 2 is 2.10 bits per heavy atom. The minimum atomic E-state index is 0.688. The summed E-state index contributed by atoms with van der Waals surface area (Å²) in [5, 5.41) is 0. The monoisotopic (exact) mass is 208 g/mol. The van der Waals surface area contributed by atoms with E-state index in [1.165, 1.54) is 19.3 Å². The van der Waals surface area contributed by atoms with E-state index in [0.717, 1.165) is 13.2 Å². The van der Waals surface area contributed by atoms with Crippen LogP contribution in [0.3, 0.4) is 0 Å². The van der Waals surface area contributed by atoms with Gasteiger partial charge in [-0.2, -0.15) is 0 Å². The molecule has 0 bridgehead atoms. The topological polar surface area (TPSA) is 9.23 Å². The third-order valence-electron chi connectivity index (χ3n) is 1.45. The Morgan fingerprint density at radius 3 is 2.60 bits per heavy atom. The van der Waals surface area contributed by atoms with E-state index in [-0.39, 0.29) is 0 Å². The van der Waals surface area contributed by atoms with Crippen LogP contribution in [-0.2, 0) is 4.74 Å². The van der Waals surface area contributed by atoms with Gasteiger partial charge in [-0.25, -0.2) is 0 Å². The van der Waals surface area contributed by atoms with Crippen LogP contribution in [0.25, 0.3) is 0 Å². The lowest BCUT2D eigenvalue weighted by molar-refractivity contribution is 0.143. The highest BCUT2D eigenvalue weighted by Crippen LogP contribution is 2.11. The SMILES string of the molecule is CCOCCCC(Br)CC. The molecule has 0 saturated heterocycles. The average molecular weight is 209 g/mol. The van der Waals surface area contributed by atoms with Gasteiger partial charge >= 0.3 is 0 Å². The lowest BCUT2D eigenvalue weighted by Crippen LogP contribution is -1.99. The zero-order chi connectivity index (χ0) is 7.82. The van der Waals surface area contributed by atoms with E-state index in [1.54, 1.807) is 0 Å². The van der Waals surface area contributed by atoms with E-state index in [2.05, 4.69) is 22.9 Å². The molecule has 0 amide bonds. The number of halogens is 1. The number of hydrogen-bond donors (Lipinski definition) is 0. The van der Waals surface area contributed by atoms with Crippen LogP contribution in [0.4, 0.5) is 0 Å². The second kappa shape index (κ2) is 7.55. The Hall–Kier alpha value is 0.440. The molecule has 0 aliphatic heterocycles. The summed E-state index contributed by atoms with van der Waals surface area (Å²) in [6.45, 7) is 5.99. The third-order valence-corrected chi connectivity index (χ3v) is 2.56. The molecule has 0 aromatic rings. The van der Waals surface area contributed by atoms with Gasteiger partial charge in [0.1, 0.15) is 0 Å². The van der Waals surface area contributed by atoms with Gasteiger partial charge in [-0.1, -0.05) is 22.9 Å². The third kappa shape index (κ3) is 6.56. The van der Waals surface area contributed by atoms with Gasteiger partial charge in [0.05, 0.1) is 0 Å². The summed E-state index contributed by atoms with van der Waals surface area (Å²) >= 11 is 3.57. The van der Waals surface area contributed by atoms with Crippen molar-refractivity contribution in [2.45, 2.75) is 37.9 Å². The molecule has 0 aromatic carbocycles. The fourth-order valence-electron chi connectivity index (χ4n) is 0.755. The molecule has 1 unspecified atom stereocenters.